The number of sulfonamides is 1. The molecule has 0 spiro atoms. The summed E-state index contributed by atoms with van der Waals surface area (Å²) in [5.41, 5.74) is 2.10. The van der Waals surface area contributed by atoms with E-state index in [0.29, 0.717) is 17.4 Å². The SMILES string of the molecule is Cl.O=S(=O)(NCC1CCCNC1)c1ccc(-c2ccccc2)cc1. The van der Waals surface area contributed by atoms with Crippen molar-refractivity contribution in [2.75, 3.05) is 19.6 Å². The van der Waals surface area contributed by atoms with E-state index in [1.807, 2.05) is 42.5 Å². The lowest BCUT2D eigenvalue weighted by Crippen LogP contribution is -2.38. The molecule has 0 radical (unpaired) electrons. The van der Waals surface area contributed by atoms with Gasteiger partial charge in [-0.15, -0.1) is 12.4 Å². The number of piperidine rings is 1. The van der Waals surface area contributed by atoms with Crippen LogP contribution in [-0.4, -0.2) is 28.1 Å². The van der Waals surface area contributed by atoms with Crippen molar-refractivity contribution in [3.63, 3.8) is 0 Å². The first-order valence-corrected chi connectivity index (χ1v) is 9.49. The number of rotatable bonds is 5. The van der Waals surface area contributed by atoms with Crippen molar-refractivity contribution in [2.24, 2.45) is 5.92 Å². The summed E-state index contributed by atoms with van der Waals surface area (Å²) in [6, 6.07) is 17.0. The first-order valence-electron chi connectivity index (χ1n) is 8.01. The van der Waals surface area contributed by atoms with Gasteiger partial charge in [0.05, 0.1) is 4.90 Å². The number of hydrogen-bond acceptors (Lipinski definition) is 3. The molecule has 2 aromatic carbocycles. The maximum absolute atomic E-state index is 12.4. The Labute approximate surface area is 150 Å². The Morgan fingerprint density at radius 2 is 1.67 bits per heavy atom. The van der Waals surface area contributed by atoms with Crippen LogP contribution in [0.2, 0.25) is 0 Å². The molecule has 1 saturated heterocycles. The molecular formula is C18H23ClN2O2S. The highest BCUT2D eigenvalue weighted by Crippen LogP contribution is 2.21. The highest BCUT2D eigenvalue weighted by atomic mass is 35.5. The molecule has 0 saturated carbocycles. The molecule has 1 unspecified atom stereocenters. The first-order chi connectivity index (χ1) is 11.1. The molecule has 0 bridgehead atoms. The fraction of sp³-hybridized carbons (Fsp3) is 0.333. The summed E-state index contributed by atoms with van der Waals surface area (Å²) in [6.45, 7) is 2.41. The van der Waals surface area contributed by atoms with E-state index < -0.39 is 10.0 Å². The van der Waals surface area contributed by atoms with E-state index in [0.717, 1.165) is 37.1 Å². The molecule has 2 N–H and O–H groups in total. The van der Waals surface area contributed by atoms with Gasteiger partial charge in [-0.2, -0.15) is 0 Å². The first kappa shape index (κ1) is 18.9. The van der Waals surface area contributed by atoms with Crippen LogP contribution in [0, 0.1) is 5.92 Å². The van der Waals surface area contributed by atoms with E-state index in [4.69, 9.17) is 0 Å². The minimum Gasteiger partial charge on any atom is -0.316 e. The topological polar surface area (TPSA) is 58.2 Å². The van der Waals surface area contributed by atoms with Gasteiger partial charge >= 0.3 is 0 Å². The molecule has 1 aliphatic rings. The van der Waals surface area contributed by atoms with Crippen molar-refractivity contribution >= 4 is 22.4 Å². The van der Waals surface area contributed by atoms with E-state index in [-0.39, 0.29) is 12.4 Å². The van der Waals surface area contributed by atoms with Gasteiger partial charge < -0.3 is 5.32 Å². The lowest BCUT2D eigenvalue weighted by Gasteiger charge is -2.22. The third-order valence-electron chi connectivity index (χ3n) is 4.23. The Balaban J connectivity index is 0.00000208. The second-order valence-corrected chi connectivity index (χ2v) is 7.72. The molecule has 4 nitrogen and oxygen atoms in total. The van der Waals surface area contributed by atoms with E-state index in [2.05, 4.69) is 10.0 Å². The zero-order chi connectivity index (χ0) is 16.1. The number of halogens is 1. The Morgan fingerprint density at radius 1 is 1.00 bits per heavy atom. The molecule has 3 rings (SSSR count). The predicted molar refractivity (Wildman–Crippen MR) is 99.9 cm³/mol. The molecule has 0 amide bonds. The largest absolute Gasteiger partial charge is 0.316 e. The number of hydrogen-bond donors (Lipinski definition) is 2. The maximum Gasteiger partial charge on any atom is 0.240 e. The average Bonchev–Trinajstić information content (AvgIpc) is 2.62. The van der Waals surface area contributed by atoms with Gasteiger partial charge in [-0.05, 0) is 55.1 Å². The smallest absolute Gasteiger partial charge is 0.240 e. The van der Waals surface area contributed by atoms with Crippen molar-refractivity contribution in [1.82, 2.24) is 10.0 Å². The Morgan fingerprint density at radius 3 is 2.29 bits per heavy atom. The van der Waals surface area contributed by atoms with Crippen molar-refractivity contribution in [1.29, 1.82) is 0 Å². The minimum atomic E-state index is -3.44. The van der Waals surface area contributed by atoms with Gasteiger partial charge in [0.15, 0.2) is 0 Å². The molecule has 1 aliphatic heterocycles. The molecule has 6 heteroatoms. The fourth-order valence-corrected chi connectivity index (χ4v) is 3.98. The second kappa shape index (κ2) is 8.62. The van der Waals surface area contributed by atoms with Crippen LogP contribution in [0.25, 0.3) is 11.1 Å². The summed E-state index contributed by atoms with van der Waals surface area (Å²) in [5, 5.41) is 3.30. The van der Waals surface area contributed by atoms with Gasteiger partial charge in [0.1, 0.15) is 0 Å². The summed E-state index contributed by atoms with van der Waals surface area (Å²) >= 11 is 0. The Bertz CT molecular complexity index is 727. The Hall–Kier alpha value is -1.40. The van der Waals surface area contributed by atoms with Crippen LogP contribution in [0.3, 0.4) is 0 Å². The van der Waals surface area contributed by atoms with Crippen molar-refractivity contribution in [3.05, 3.63) is 54.6 Å². The molecule has 130 valence electrons. The van der Waals surface area contributed by atoms with Crippen LogP contribution in [0.1, 0.15) is 12.8 Å². The zero-order valence-electron chi connectivity index (χ0n) is 13.4. The third-order valence-corrected chi connectivity index (χ3v) is 5.67. The summed E-state index contributed by atoms with van der Waals surface area (Å²) < 4.78 is 27.5. The van der Waals surface area contributed by atoms with Crippen LogP contribution in [-0.2, 0) is 10.0 Å². The summed E-state index contributed by atoms with van der Waals surface area (Å²) in [6.07, 6.45) is 2.18. The monoisotopic (exact) mass is 366 g/mol. The van der Waals surface area contributed by atoms with Crippen LogP contribution in [0.15, 0.2) is 59.5 Å². The normalized spacial score (nSPS) is 17.9. The Kier molecular flexibility index (Phi) is 6.80. The number of nitrogens with one attached hydrogen (secondary N) is 2. The third kappa shape index (κ3) is 4.80. The minimum absolute atomic E-state index is 0. The lowest BCUT2D eigenvalue weighted by atomic mass is 10.0. The highest BCUT2D eigenvalue weighted by Gasteiger charge is 2.18. The van der Waals surface area contributed by atoms with Gasteiger partial charge in [0.2, 0.25) is 10.0 Å². The van der Waals surface area contributed by atoms with Crippen LogP contribution in [0.5, 0.6) is 0 Å². The van der Waals surface area contributed by atoms with Gasteiger partial charge in [0, 0.05) is 6.54 Å². The molecule has 1 heterocycles. The van der Waals surface area contributed by atoms with Crippen LogP contribution < -0.4 is 10.0 Å². The molecule has 0 aromatic heterocycles. The second-order valence-electron chi connectivity index (χ2n) is 5.95. The molecule has 2 aromatic rings. The molecule has 1 fully saturated rings. The summed E-state index contributed by atoms with van der Waals surface area (Å²) in [5.74, 6) is 0.377. The molecule has 24 heavy (non-hydrogen) atoms. The van der Waals surface area contributed by atoms with Gasteiger partial charge in [-0.1, -0.05) is 42.5 Å². The zero-order valence-corrected chi connectivity index (χ0v) is 15.1. The van der Waals surface area contributed by atoms with Crippen molar-refractivity contribution in [3.8, 4) is 11.1 Å². The maximum atomic E-state index is 12.4. The van der Waals surface area contributed by atoms with Crippen molar-refractivity contribution in [2.45, 2.75) is 17.7 Å². The average molecular weight is 367 g/mol. The molecule has 1 atom stereocenters. The van der Waals surface area contributed by atoms with Gasteiger partial charge in [-0.25, -0.2) is 13.1 Å². The molecular weight excluding hydrogens is 344 g/mol. The van der Waals surface area contributed by atoms with Crippen LogP contribution in [0.4, 0.5) is 0 Å². The van der Waals surface area contributed by atoms with E-state index >= 15 is 0 Å². The quantitative estimate of drug-likeness (QED) is 0.855. The summed E-state index contributed by atoms with van der Waals surface area (Å²) in [4.78, 5) is 0.320. The van der Waals surface area contributed by atoms with E-state index in [9.17, 15) is 8.42 Å². The fourth-order valence-electron chi connectivity index (χ4n) is 2.87. The predicted octanol–water partition coefficient (Wildman–Crippen LogP) is 3.05. The number of benzene rings is 2. The van der Waals surface area contributed by atoms with Gasteiger partial charge in [0.25, 0.3) is 0 Å². The van der Waals surface area contributed by atoms with Gasteiger partial charge in [-0.3, -0.25) is 0 Å². The van der Waals surface area contributed by atoms with E-state index in [1.165, 1.54) is 0 Å². The highest BCUT2D eigenvalue weighted by molar-refractivity contribution is 7.89. The van der Waals surface area contributed by atoms with Crippen molar-refractivity contribution < 1.29 is 8.42 Å². The standard InChI is InChI=1S/C18H22N2O2S.ClH/c21-23(22,20-14-15-5-4-12-19-13-15)18-10-8-17(9-11-18)16-6-2-1-3-7-16;/h1-3,6-11,15,19-20H,4-5,12-14H2;1H. The van der Waals surface area contributed by atoms with E-state index in [1.54, 1.807) is 12.1 Å². The molecule has 0 aliphatic carbocycles. The van der Waals surface area contributed by atoms with Crippen LogP contribution >= 0.6 is 12.4 Å². The summed E-state index contributed by atoms with van der Waals surface area (Å²) in [7, 11) is -3.44. The lowest BCUT2D eigenvalue weighted by molar-refractivity contribution is 0.376.